The first-order valence-corrected chi connectivity index (χ1v) is 7.97. The Morgan fingerprint density at radius 1 is 1.35 bits per heavy atom. The Morgan fingerprint density at radius 3 is 2.60 bits per heavy atom. The Labute approximate surface area is 131 Å². The van der Waals surface area contributed by atoms with Crippen LogP contribution in [0.1, 0.15) is 31.5 Å². The van der Waals surface area contributed by atoms with Gasteiger partial charge < -0.3 is 14.0 Å². The minimum Gasteiger partial charge on any atom is -0.346 e. The average molecular weight is 385 g/mol. The van der Waals surface area contributed by atoms with Crippen molar-refractivity contribution >= 4 is 33.6 Å². The van der Waals surface area contributed by atoms with E-state index < -0.39 is 6.29 Å². The van der Waals surface area contributed by atoms with Crippen LogP contribution >= 0.6 is 22.6 Å². The van der Waals surface area contributed by atoms with Crippen LogP contribution in [0.4, 0.5) is 0 Å². The molecule has 1 aromatic heterocycles. The maximum atomic E-state index is 8.97. The van der Waals surface area contributed by atoms with E-state index in [0.717, 1.165) is 21.4 Å². The summed E-state index contributed by atoms with van der Waals surface area (Å²) >= 11 is 2.28. The smallest absolute Gasteiger partial charge is 0.217 e. The van der Waals surface area contributed by atoms with Crippen molar-refractivity contribution in [2.24, 2.45) is 0 Å². The molecule has 0 fully saturated rings. The number of benzene rings is 1. The molecule has 0 N–H and O–H groups in total. The number of halogens is 1. The number of hydrogen-bond donors (Lipinski definition) is 0. The molecule has 0 aliphatic heterocycles. The van der Waals surface area contributed by atoms with Crippen LogP contribution in [0.3, 0.4) is 0 Å². The lowest BCUT2D eigenvalue weighted by atomic mass is 10.2. The van der Waals surface area contributed by atoms with E-state index in [1.165, 1.54) is 0 Å². The molecule has 0 saturated carbocycles. The number of aromatic nitrogens is 2. The normalized spacial score (nSPS) is 11.2. The van der Waals surface area contributed by atoms with Crippen LogP contribution in [-0.4, -0.2) is 22.8 Å². The Morgan fingerprint density at radius 2 is 2.05 bits per heavy atom. The highest BCUT2D eigenvalue weighted by Crippen LogP contribution is 2.25. The lowest BCUT2D eigenvalue weighted by Crippen LogP contribution is -2.14. The summed E-state index contributed by atoms with van der Waals surface area (Å²) in [5, 5.41) is 8.97. The number of alkyl halides is 1. The molecule has 5 nitrogen and oxygen atoms in total. The molecule has 1 aromatic carbocycles. The van der Waals surface area contributed by atoms with Crippen LogP contribution in [0.15, 0.2) is 18.2 Å². The molecule has 6 heteroatoms. The molecule has 0 saturated heterocycles. The SMILES string of the molecule is CCOC(OCC)c1nc2cc(C#N)ccc2n1CI. The number of nitrogens with zero attached hydrogens (tertiary/aromatic N) is 3. The third kappa shape index (κ3) is 2.95. The summed E-state index contributed by atoms with van der Waals surface area (Å²) in [5.41, 5.74) is 2.38. The molecule has 0 spiro atoms. The zero-order valence-corrected chi connectivity index (χ0v) is 13.6. The molecule has 106 valence electrons. The molecule has 1 heterocycles. The summed E-state index contributed by atoms with van der Waals surface area (Å²) in [4.78, 5) is 4.59. The van der Waals surface area contributed by atoms with E-state index in [4.69, 9.17) is 14.7 Å². The van der Waals surface area contributed by atoms with Crippen LogP contribution in [0.5, 0.6) is 0 Å². The monoisotopic (exact) mass is 385 g/mol. The van der Waals surface area contributed by atoms with Gasteiger partial charge in [0.15, 0.2) is 5.82 Å². The van der Waals surface area contributed by atoms with E-state index in [2.05, 4.69) is 33.6 Å². The summed E-state index contributed by atoms with van der Waals surface area (Å²) in [6, 6.07) is 7.63. The zero-order valence-electron chi connectivity index (χ0n) is 11.5. The first-order chi connectivity index (χ1) is 9.74. The first-order valence-electron chi connectivity index (χ1n) is 6.44. The van der Waals surface area contributed by atoms with Crippen molar-refractivity contribution in [1.82, 2.24) is 9.55 Å². The van der Waals surface area contributed by atoms with Gasteiger partial charge in [0.05, 0.1) is 27.2 Å². The Hall–Kier alpha value is -1.17. The predicted octanol–water partition coefficient (Wildman–Crippen LogP) is 3.37. The van der Waals surface area contributed by atoms with Gasteiger partial charge in [-0.1, -0.05) is 22.6 Å². The van der Waals surface area contributed by atoms with Crippen LogP contribution in [0.25, 0.3) is 11.0 Å². The molecule has 0 unspecified atom stereocenters. The molecule has 0 amide bonds. The fourth-order valence-corrected chi connectivity index (χ4v) is 2.74. The summed E-state index contributed by atoms with van der Waals surface area (Å²) in [6.07, 6.45) is -0.474. The molecule has 0 bridgehead atoms. The van der Waals surface area contributed by atoms with Gasteiger partial charge in [0, 0.05) is 13.2 Å². The highest BCUT2D eigenvalue weighted by molar-refractivity contribution is 14.1. The number of hydrogen-bond acceptors (Lipinski definition) is 4. The van der Waals surface area contributed by atoms with Crippen molar-refractivity contribution in [1.29, 1.82) is 5.26 Å². The van der Waals surface area contributed by atoms with Crippen molar-refractivity contribution in [3.05, 3.63) is 29.6 Å². The predicted molar refractivity (Wildman–Crippen MR) is 84.5 cm³/mol. The highest BCUT2D eigenvalue weighted by Gasteiger charge is 2.20. The largest absolute Gasteiger partial charge is 0.346 e. The van der Waals surface area contributed by atoms with Crippen molar-refractivity contribution in [3.63, 3.8) is 0 Å². The summed E-state index contributed by atoms with van der Waals surface area (Å²) < 4.78 is 14.0. The second-order valence-electron chi connectivity index (χ2n) is 4.08. The summed E-state index contributed by atoms with van der Waals surface area (Å²) in [6.45, 7) is 4.96. The third-order valence-corrected chi connectivity index (χ3v) is 3.56. The van der Waals surface area contributed by atoms with Gasteiger partial charge in [-0.05, 0) is 32.0 Å². The average Bonchev–Trinajstić information content (AvgIpc) is 2.84. The maximum absolute atomic E-state index is 8.97. The van der Waals surface area contributed by atoms with Crippen LogP contribution in [0.2, 0.25) is 0 Å². The molecule has 20 heavy (non-hydrogen) atoms. The number of imidazole rings is 1. The molecule has 0 aliphatic carbocycles. The van der Waals surface area contributed by atoms with E-state index >= 15 is 0 Å². The number of fused-ring (bicyclic) bond motifs is 1. The van der Waals surface area contributed by atoms with Gasteiger partial charge in [0.1, 0.15) is 0 Å². The van der Waals surface area contributed by atoms with Gasteiger partial charge in [0.2, 0.25) is 6.29 Å². The van der Waals surface area contributed by atoms with E-state index in [1.807, 2.05) is 24.5 Å². The highest BCUT2D eigenvalue weighted by atomic mass is 127. The van der Waals surface area contributed by atoms with Crippen molar-refractivity contribution in [3.8, 4) is 6.07 Å². The molecule has 0 radical (unpaired) electrons. The van der Waals surface area contributed by atoms with Crippen LogP contribution in [-0.2, 0) is 14.0 Å². The molecular weight excluding hydrogens is 369 g/mol. The van der Waals surface area contributed by atoms with Crippen LogP contribution < -0.4 is 0 Å². The van der Waals surface area contributed by atoms with Crippen molar-refractivity contribution in [2.75, 3.05) is 13.2 Å². The minimum atomic E-state index is -0.474. The Kier molecular flexibility index (Phi) is 5.34. The van der Waals surface area contributed by atoms with Gasteiger partial charge in [-0.25, -0.2) is 4.98 Å². The third-order valence-electron chi connectivity index (χ3n) is 2.87. The zero-order chi connectivity index (χ0) is 14.5. The number of rotatable bonds is 6. The molecular formula is C14H16IN3O2. The van der Waals surface area contributed by atoms with E-state index in [1.54, 1.807) is 12.1 Å². The van der Waals surface area contributed by atoms with E-state index in [-0.39, 0.29) is 0 Å². The molecule has 2 rings (SSSR count). The Balaban J connectivity index is 2.53. The lowest BCUT2D eigenvalue weighted by molar-refractivity contribution is -0.146. The lowest BCUT2D eigenvalue weighted by Gasteiger charge is -2.17. The summed E-state index contributed by atoms with van der Waals surface area (Å²) in [7, 11) is 0. The minimum absolute atomic E-state index is 0.474. The van der Waals surface area contributed by atoms with E-state index in [0.29, 0.717) is 18.8 Å². The number of ether oxygens (including phenoxy) is 2. The second-order valence-corrected chi connectivity index (χ2v) is 4.76. The fourth-order valence-electron chi connectivity index (χ4n) is 2.02. The molecule has 0 atom stereocenters. The quantitative estimate of drug-likeness (QED) is 0.435. The number of nitriles is 1. The van der Waals surface area contributed by atoms with Crippen LogP contribution in [0, 0.1) is 11.3 Å². The topological polar surface area (TPSA) is 60.1 Å². The summed E-state index contributed by atoms with van der Waals surface area (Å²) in [5.74, 6) is 0.744. The Bertz CT molecular complexity index is 627. The second kappa shape index (κ2) is 7.02. The van der Waals surface area contributed by atoms with Gasteiger partial charge >= 0.3 is 0 Å². The van der Waals surface area contributed by atoms with Crippen molar-refractivity contribution in [2.45, 2.75) is 24.7 Å². The fraction of sp³-hybridized carbons (Fsp3) is 0.429. The van der Waals surface area contributed by atoms with Gasteiger partial charge in [-0.2, -0.15) is 5.26 Å². The maximum Gasteiger partial charge on any atom is 0.217 e. The molecule has 2 aromatic rings. The van der Waals surface area contributed by atoms with Gasteiger partial charge in [0.25, 0.3) is 0 Å². The van der Waals surface area contributed by atoms with Gasteiger partial charge in [-0.3, -0.25) is 0 Å². The van der Waals surface area contributed by atoms with Gasteiger partial charge in [-0.15, -0.1) is 0 Å². The van der Waals surface area contributed by atoms with E-state index in [9.17, 15) is 0 Å². The van der Waals surface area contributed by atoms with Crippen molar-refractivity contribution < 1.29 is 9.47 Å². The standard InChI is InChI=1S/C14H16IN3O2/c1-3-19-14(20-4-2)13-17-11-7-10(8-16)5-6-12(11)18(13)9-15/h5-7,14H,3-4,9H2,1-2H3. The first kappa shape index (κ1) is 15.2. The molecule has 0 aliphatic rings.